The number of hydrogen-bond donors (Lipinski definition) is 2. The normalized spacial score (nSPS) is 24.8. The Morgan fingerprint density at radius 3 is 2.66 bits per heavy atom. The fraction of sp³-hybridized carbons (Fsp3) is 0.625. The first-order valence-electron chi connectivity index (χ1n) is 11.5. The van der Waals surface area contributed by atoms with Crippen LogP contribution in [0.2, 0.25) is 0 Å². The zero-order valence-corrected chi connectivity index (χ0v) is 19.7. The summed E-state index contributed by atoms with van der Waals surface area (Å²) in [6, 6.07) is 7.72. The molecule has 8 heteroatoms. The van der Waals surface area contributed by atoms with Crippen molar-refractivity contribution in [1.82, 2.24) is 10.2 Å². The second-order valence-corrected chi connectivity index (χ2v) is 9.80. The molecule has 0 aliphatic carbocycles. The van der Waals surface area contributed by atoms with Crippen LogP contribution in [0.25, 0.3) is 0 Å². The molecule has 2 heterocycles. The van der Waals surface area contributed by atoms with Gasteiger partial charge in [-0.2, -0.15) is 11.8 Å². The predicted octanol–water partition coefficient (Wildman–Crippen LogP) is 2.87. The molecular weight excluding hydrogens is 428 g/mol. The Labute approximate surface area is 194 Å². The fourth-order valence-corrected chi connectivity index (χ4v) is 6.18. The maximum Gasteiger partial charge on any atom is 0.326 e. The van der Waals surface area contributed by atoms with Gasteiger partial charge < -0.3 is 14.7 Å². The van der Waals surface area contributed by atoms with Gasteiger partial charge in [0, 0.05) is 5.75 Å². The van der Waals surface area contributed by atoms with Crippen molar-refractivity contribution in [2.45, 2.75) is 76.0 Å². The quantitative estimate of drug-likeness (QED) is 0.545. The van der Waals surface area contributed by atoms with Crippen LogP contribution >= 0.6 is 11.8 Å². The summed E-state index contributed by atoms with van der Waals surface area (Å²) in [6.45, 7) is 3.74. The van der Waals surface area contributed by atoms with Gasteiger partial charge in [-0.25, -0.2) is 4.79 Å². The number of carbonyl (C=O) groups is 3. The summed E-state index contributed by atoms with van der Waals surface area (Å²) in [5.41, 5.74) is 0.703. The number of nitrogens with zero attached hydrogens (tertiary/aromatic N) is 1. The number of nitrogens with one attached hydrogen (secondary N) is 1. The van der Waals surface area contributed by atoms with E-state index in [-0.39, 0.29) is 18.5 Å². The van der Waals surface area contributed by atoms with Gasteiger partial charge in [0.2, 0.25) is 5.91 Å². The molecule has 2 saturated heterocycles. The van der Waals surface area contributed by atoms with Crippen molar-refractivity contribution in [3.63, 3.8) is 0 Å². The standard InChI is InChI=1S/C24H34N2O5S/c1-3-31-23(30)19(11-10-18-8-5-4-6-9-18)25-17(2)21(27)26-20(22(28)29)12-14-24(26)13-7-15-32-16-24/h4-6,8-9,17,19-20,25H,3,7,10-16H2,1-2H3,(H,28,29)/t17-,19?,20-,24?/m0/s1. The average Bonchev–Trinajstić information content (AvgIpc) is 3.15. The number of carboxylic acid groups (broad SMARTS) is 1. The zero-order valence-electron chi connectivity index (χ0n) is 18.9. The number of likely N-dealkylation sites (tertiary alicyclic amines) is 1. The third-order valence-corrected chi connectivity index (χ3v) is 7.81. The van der Waals surface area contributed by atoms with Crippen LogP contribution in [0.4, 0.5) is 0 Å². The van der Waals surface area contributed by atoms with Gasteiger partial charge in [-0.15, -0.1) is 0 Å². The summed E-state index contributed by atoms with van der Waals surface area (Å²) in [7, 11) is 0. The zero-order chi connectivity index (χ0) is 23.1. The summed E-state index contributed by atoms with van der Waals surface area (Å²) < 4.78 is 5.24. The van der Waals surface area contributed by atoms with Crippen molar-refractivity contribution >= 4 is 29.6 Å². The van der Waals surface area contributed by atoms with E-state index in [2.05, 4.69) is 5.32 Å². The lowest BCUT2D eigenvalue weighted by molar-refractivity contribution is -0.154. The highest BCUT2D eigenvalue weighted by atomic mass is 32.2. The van der Waals surface area contributed by atoms with E-state index in [0.717, 1.165) is 29.9 Å². The molecule has 2 aliphatic heterocycles. The molecule has 0 radical (unpaired) electrons. The Bertz CT molecular complexity index is 797. The van der Waals surface area contributed by atoms with Crippen LogP contribution < -0.4 is 5.32 Å². The van der Waals surface area contributed by atoms with E-state index in [4.69, 9.17) is 4.74 Å². The van der Waals surface area contributed by atoms with Gasteiger partial charge in [0.1, 0.15) is 12.1 Å². The summed E-state index contributed by atoms with van der Waals surface area (Å²) in [5, 5.41) is 12.9. The van der Waals surface area contributed by atoms with E-state index in [1.807, 2.05) is 30.3 Å². The van der Waals surface area contributed by atoms with Gasteiger partial charge in [-0.1, -0.05) is 30.3 Å². The van der Waals surface area contributed by atoms with Crippen molar-refractivity contribution in [2.75, 3.05) is 18.1 Å². The number of rotatable bonds is 9. The highest BCUT2D eigenvalue weighted by Crippen LogP contribution is 2.43. The Morgan fingerprint density at radius 2 is 2.03 bits per heavy atom. The van der Waals surface area contributed by atoms with Crippen LogP contribution in [0.5, 0.6) is 0 Å². The number of thioether (sulfide) groups is 1. The van der Waals surface area contributed by atoms with E-state index in [9.17, 15) is 19.5 Å². The number of benzene rings is 1. The Morgan fingerprint density at radius 1 is 1.28 bits per heavy atom. The molecule has 1 aromatic rings. The highest BCUT2D eigenvalue weighted by molar-refractivity contribution is 7.99. The minimum Gasteiger partial charge on any atom is -0.480 e. The van der Waals surface area contributed by atoms with Crippen LogP contribution in [0.1, 0.15) is 51.5 Å². The molecule has 1 aromatic carbocycles. The lowest BCUT2D eigenvalue weighted by Gasteiger charge is -2.44. The highest BCUT2D eigenvalue weighted by Gasteiger charge is 2.52. The molecule has 32 heavy (non-hydrogen) atoms. The predicted molar refractivity (Wildman–Crippen MR) is 125 cm³/mol. The molecule has 1 spiro atoms. The maximum atomic E-state index is 13.6. The minimum absolute atomic E-state index is 0.244. The maximum absolute atomic E-state index is 13.6. The largest absolute Gasteiger partial charge is 0.480 e. The summed E-state index contributed by atoms with van der Waals surface area (Å²) in [4.78, 5) is 39.7. The molecule has 0 bridgehead atoms. The van der Waals surface area contributed by atoms with Crippen molar-refractivity contribution in [3.05, 3.63) is 35.9 Å². The summed E-state index contributed by atoms with van der Waals surface area (Å²) >= 11 is 1.79. The van der Waals surface area contributed by atoms with E-state index in [1.165, 1.54) is 0 Å². The molecule has 0 aromatic heterocycles. The number of carboxylic acids is 1. The van der Waals surface area contributed by atoms with Crippen molar-refractivity contribution < 1.29 is 24.2 Å². The van der Waals surface area contributed by atoms with Gasteiger partial charge in [0.05, 0.1) is 18.2 Å². The van der Waals surface area contributed by atoms with Crippen molar-refractivity contribution in [2.24, 2.45) is 0 Å². The Balaban J connectivity index is 1.74. The minimum atomic E-state index is -0.955. The van der Waals surface area contributed by atoms with Crippen LogP contribution in [0.3, 0.4) is 0 Å². The lowest BCUT2D eigenvalue weighted by Crippen LogP contribution is -2.60. The third-order valence-electron chi connectivity index (χ3n) is 6.49. The molecule has 3 rings (SSSR count). The first-order chi connectivity index (χ1) is 15.4. The lowest BCUT2D eigenvalue weighted by atomic mass is 9.92. The van der Waals surface area contributed by atoms with Gasteiger partial charge in [0.15, 0.2) is 0 Å². The van der Waals surface area contributed by atoms with Crippen LogP contribution in [-0.4, -0.2) is 69.6 Å². The van der Waals surface area contributed by atoms with Gasteiger partial charge in [0.25, 0.3) is 0 Å². The first kappa shape index (κ1) is 24.6. The number of carbonyl (C=O) groups excluding carboxylic acids is 2. The average molecular weight is 463 g/mol. The first-order valence-corrected chi connectivity index (χ1v) is 12.6. The molecule has 2 N–H and O–H groups in total. The third kappa shape index (κ3) is 5.64. The van der Waals surface area contributed by atoms with E-state index in [0.29, 0.717) is 25.7 Å². The van der Waals surface area contributed by atoms with Gasteiger partial charge in [-0.05, 0) is 63.7 Å². The summed E-state index contributed by atoms with van der Waals surface area (Å²) in [5.74, 6) is 0.224. The molecule has 2 fully saturated rings. The Kier molecular flexibility index (Phi) is 8.59. The van der Waals surface area contributed by atoms with Crippen LogP contribution in [0, 0.1) is 0 Å². The van der Waals surface area contributed by atoms with E-state index >= 15 is 0 Å². The van der Waals surface area contributed by atoms with Crippen molar-refractivity contribution in [3.8, 4) is 0 Å². The van der Waals surface area contributed by atoms with Crippen LogP contribution in [-0.2, 0) is 25.5 Å². The molecule has 2 aliphatic rings. The monoisotopic (exact) mass is 462 g/mol. The summed E-state index contributed by atoms with van der Waals surface area (Å²) in [6.07, 6.45) is 4.15. The Hall–Kier alpha value is -2.06. The number of aryl methyl sites for hydroxylation is 1. The molecular formula is C24H34N2O5S. The number of aliphatic carboxylic acids is 1. The van der Waals surface area contributed by atoms with E-state index < -0.39 is 29.6 Å². The second-order valence-electron chi connectivity index (χ2n) is 8.70. The van der Waals surface area contributed by atoms with Crippen LogP contribution in [0.15, 0.2) is 30.3 Å². The molecule has 0 saturated carbocycles. The number of esters is 1. The molecule has 4 atom stereocenters. The number of amides is 1. The van der Waals surface area contributed by atoms with Gasteiger partial charge >= 0.3 is 11.9 Å². The second kappa shape index (κ2) is 11.2. The smallest absolute Gasteiger partial charge is 0.326 e. The van der Waals surface area contributed by atoms with E-state index in [1.54, 1.807) is 30.5 Å². The number of hydrogen-bond acceptors (Lipinski definition) is 6. The fourth-order valence-electron chi connectivity index (χ4n) is 4.88. The van der Waals surface area contributed by atoms with Crippen molar-refractivity contribution in [1.29, 1.82) is 0 Å². The molecule has 2 unspecified atom stereocenters. The topological polar surface area (TPSA) is 95.9 Å². The molecule has 1 amide bonds. The SMILES string of the molecule is CCOC(=O)C(CCc1ccccc1)N[C@@H](C)C(=O)N1[C@H](C(=O)O)CCC12CCCSC2. The number of ether oxygens (including phenoxy) is 1. The molecule has 176 valence electrons. The molecule has 7 nitrogen and oxygen atoms in total. The van der Waals surface area contributed by atoms with Gasteiger partial charge in [-0.3, -0.25) is 14.9 Å².